The van der Waals surface area contributed by atoms with Gasteiger partial charge in [-0.15, -0.1) is 0 Å². The maximum Gasteiger partial charge on any atom is 0.0606 e. The van der Waals surface area contributed by atoms with E-state index in [0.717, 1.165) is 24.7 Å². The van der Waals surface area contributed by atoms with Gasteiger partial charge in [0.25, 0.3) is 0 Å². The molecule has 104 valence electrons. The van der Waals surface area contributed by atoms with Crippen LogP contribution in [0.4, 0.5) is 11.4 Å². The molecule has 20 heavy (non-hydrogen) atoms. The summed E-state index contributed by atoms with van der Waals surface area (Å²) >= 11 is 0. The van der Waals surface area contributed by atoms with Crippen LogP contribution in [0.5, 0.6) is 0 Å². The van der Waals surface area contributed by atoms with Gasteiger partial charge in [-0.3, -0.25) is 0 Å². The van der Waals surface area contributed by atoms with Crippen LogP contribution in [-0.4, -0.2) is 13.1 Å². The van der Waals surface area contributed by atoms with Crippen molar-refractivity contribution in [3.8, 4) is 11.1 Å². The van der Waals surface area contributed by atoms with Crippen LogP contribution in [0, 0.1) is 5.92 Å². The number of rotatable bonds is 2. The van der Waals surface area contributed by atoms with Crippen LogP contribution >= 0.6 is 0 Å². The summed E-state index contributed by atoms with van der Waals surface area (Å²) < 4.78 is 0. The molecule has 0 atom stereocenters. The molecular formula is C18H22N2. The van der Waals surface area contributed by atoms with Crippen LogP contribution in [0.15, 0.2) is 48.5 Å². The highest BCUT2D eigenvalue weighted by Gasteiger charge is 2.18. The van der Waals surface area contributed by atoms with Gasteiger partial charge in [0.05, 0.1) is 11.4 Å². The normalized spacial score (nSPS) is 16.4. The average molecular weight is 266 g/mol. The summed E-state index contributed by atoms with van der Waals surface area (Å²) in [7, 11) is 0. The average Bonchev–Trinajstić information content (AvgIpc) is 2.50. The van der Waals surface area contributed by atoms with Crippen molar-refractivity contribution >= 4 is 11.4 Å². The minimum absolute atomic E-state index is 0.838. The first kappa shape index (κ1) is 13.0. The first-order valence-electron chi connectivity index (χ1n) is 7.44. The predicted molar refractivity (Wildman–Crippen MR) is 86.9 cm³/mol. The Morgan fingerprint density at radius 3 is 2.35 bits per heavy atom. The zero-order valence-corrected chi connectivity index (χ0v) is 12.0. The van der Waals surface area contributed by atoms with E-state index < -0.39 is 0 Å². The minimum Gasteiger partial charge on any atom is -0.397 e. The molecule has 2 aromatic carbocycles. The monoisotopic (exact) mass is 266 g/mol. The van der Waals surface area contributed by atoms with E-state index in [-0.39, 0.29) is 0 Å². The van der Waals surface area contributed by atoms with Crippen LogP contribution < -0.4 is 10.6 Å². The van der Waals surface area contributed by atoms with E-state index in [1.807, 2.05) is 12.1 Å². The zero-order chi connectivity index (χ0) is 13.9. The van der Waals surface area contributed by atoms with E-state index in [1.54, 1.807) is 0 Å². The van der Waals surface area contributed by atoms with E-state index in [1.165, 1.54) is 29.7 Å². The van der Waals surface area contributed by atoms with E-state index in [0.29, 0.717) is 0 Å². The fourth-order valence-electron chi connectivity index (χ4n) is 2.88. The van der Waals surface area contributed by atoms with Crippen LogP contribution in [0.25, 0.3) is 11.1 Å². The third-order valence-electron chi connectivity index (χ3n) is 4.26. The molecule has 1 heterocycles. The molecule has 1 aliphatic heterocycles. The maximum absolute atomic E-state index is 6.19. The van der Waals surface area contributed by atoms with Gasteiger partial charge in [-0.1, -0.05) is 43.3 Å². The van der Waals surface area contributed by atoms with Gasteiger partial charge in [0.1, 0.15) is 0 Å². The Kier molecular flexibility index (Phi) is 3.64. The van der Waals surface area contributed by atoms with Crippen LogP contribution in [0.1, 0.15) is 19.8 Å². The summed E-state index contributed by atoms with van der Waals surface area (Å²) in [5.74, 6) is 0.838. The Morgan fingerprint density at radius 1 is 0.950 bits per heavy atom. The fraction of sp³-hybridized carbons (Fsp3) is 0.333. The molecule has 0 radical (unpaired) electrons. The van der Waals surface area contributed by atoms with Crippen molar-refractivity contribution in [1.82, 2.24) is 0 Å². The molecule has 0 saturated carbocycles. The van der Waals surface area contributed by atoms with E-state index in [9.17, 15) is 0 Å². The third kappa shape index (κ3) is 2.64. The van der Waals surface area contributed by atoms with Crippen molar-refractivity contribution in [3.05, 3.63) is 48.5 Å². The quantitative estimate of drug-likeness (QED) is 0.826. The molecule has 2 heteroatoms. The highest BCUT2D eigenvalue weighted by molar-refractivity contribution is 5.77. The van der Waals surface area contributed by atoms with Crippen molar-refractivity contribution < 1.29 is 0 Å². The number of nitrogens with two attached hydrogens (primary N) is 1. The van der Waals surface area contributed by atoms with Gasteiger partial charge < -0.3 is 10.6 Å². The Hall–Kier alpha value is -1.96. The molecule has 0 unspecified atom stereocenters. The Morgan fingerprint density at radius 2 is 1.65 bits per heavy atom. The standard InChI is InChI=1S/C18H22N2/c1-14-9-11-20(12-10-14)18-13-16(7-8-17(18)19)15-5-3-2-4-6-15/h2-8,13-14H,9-12,19H2,1H3. The van der Waals surface area contributed by atoms with Crippen molar-refractivity contribution in [3.63, 3.8) is 0 Å². The molecule has 0 bridgehead atoms. The van der Waals surface area contributed by atoms with Crippen molar-refractivity contribution in [2.45, 2.75) is 19.8 Å². The van der Waals surface area contributed by atoms with Gasteiger partial charge in [-0.2, -0.15) is 0 Å². The van der Waals surface area contributed by atoms with Crippen LogP contribution in [0.2, 0.25) is 0 Å². The second-order valence-electron chi connectivity index (χ2n) is 5.81. The van der Waals surface area contributed by atoms with Gasteiger partial charge >= 0.3 is 0 Å². The molecule has 1 fully saturated rings. The van der Waals surface area contributed by atoms with E-state index in [4.69, 9.17) is 5.73 Å². The molecule has 1 aliphatic rings. The number of anilines is 2. The first-order chi connectivity index (χ1) is 9.74. The molecule has 2 N–H and O–H groups in total. The Balaban J connectivity index is 1.91. The lowest BCUT2D eigenvalue weighted by Gasteiger charge is -2.33. The number of hydrogen-bond donors (Lipinski definition) is 1. The molecule has 2 nitrogen and oxygen atoms in total. The molecule has 0 aromatic heterocycles. The second kappa shape index (κ2) is 5.58. The summed E-state index contributed by atoms with van der Waals surface area (Å²) in [6.45, 7) is 4.56. The largest absolute Gasteiger partial charge is 0.397 e. The lowest BCUT2D eigenvalue weighted by Crippen LogP contribution is -2.33. The second-order valence-corrected chi connectivity index (χ2v) is 5.81. The fourth-order valence-corrected chi connectivity index (χ4v) is 2.88. The molecule has 3 rings (SSSR count). The molecular weight excluding hydrogens is 244 g/mol. The molecule has 1 saturated heterocycles. The smallest absolute Gasteiger partial charge is 0.0606 e. The SMILES string of the molecule is CC1CCN(c2cc(-c3ccccc3)ccc2N)CC1. The van der Waals surface area contributed by atoms with Gasteiger partial charge in [0.15, 0.2) is 0 Å². The van der Waals surface area contributed by atoms with Crippen LogP contribution in [-0.2, 0) is 0 Å². The summed E-state index contributed by atoms with van der Waals surface area (Å²) in [6, 6.07) is 16.9. The van der Waals surface area contributed by atoms with E-state index >= 15 is 0 Å². The summed E-state index contributed by atoms with van der Waals surface area (Å²) in [6.07, 6.45) is 2.52. The van der Waals surface area contributed by atoms with Gasteiger partial charge in [0.2, 0.25) is 0 Å². The molecule has 2 aromatic rings. The number of nitrogen functional groups attached to an aromatic ring is 1. The molecule has 0 aliphatic carbocycles. The van der Waals surface area contributed by atoms with Gasteiger partial charge in [-0.25, -0.2) is 0 Å². The summed E-state index contributed by atoms with van der Waals surface area (Å²) in [5, 5.41) is 0. The number of hydrogen-bond acceptors (Lipinski definition) is 2. The van der Waals surface area contributed by atoms with Crippen molar-refractivity contribution in [1.29, 1.82) is 0 Å². The van der Waals surface area contributed by atoms with Crippen molar-refractivity contribution in [2.24, 2.45) is 5.92 Å². The minimum atomic E-state index is 0.838. The summed E-state index contributed by atoms with van der Waals surface area (Å²) in [4.78, 5) is 2.43. The van der Waals surface area contributed by atoms with Crippen molar-refractivity contribution in [2.75, 3.05) is 23.7 Å². The van der Waals surface area contributed by atoms with Gasteiger partial charge in [-0.05, 0) is 42.0 Å². The Labute approximate surface area is 121 Å². The molecule has 0 amide bonds. The maximum atomic E-state index is 6.19. The van der Waals surface area contributed by atoms with Crippen LogP contribution in [0.3, 0.4) is 0 Å². The number of nitrogens with zero attached hydrogens (tertiary/aromatic N) is 1. The highest BCUT2D eigenvalue weighted by atomic mass is 15.1. The number of piperidine rings is 1. The lowest BCUT2D eigenvalue weighted by molar-refractivity contribution is 0.439. The highest BCUT2D eigenvalue weighted by Crippen LogP contribution is 2.32. The lowest BCUT2D eigenvalue weighted by atomic mass is 9.97. The topological polar surface area (TPSA) is 29.3 Å². The summed E-state index contributed by atoms with van der Waals surface area (Å²) in [5.41, 5.74) is 10.8. The first-order valence-corrected chi connectivity index (χ1v) is 7.44. The van der Waals surface area contributed by atoms with Gasteiger partial charge in [0, 0.05) is 13.1 Å². The third-order valence-corrected chi connectivity index (χ3v) is 4.26. The predicted octanol–water partition coefficient (Wildman–Crippen LogP) is 4.17. The Bertz CT molecular complexity index is 569. The van der Waals surface area contributed by atoms with E-state index in [2.05, 4.69) is 48.2 Å². The zero-order valence-electron chi connectivity index (χ0n) is 12.0. The molecule has 0 spiro atoms. The number of benzene rings is 2.